The zero-order chi connectivity index (χ0) is 13.4. The van der Waals surface area contributed by atoms with E-state index in [0.29, 0.717) is 5.76 Å². The summed E-state index contributed by atoms with van der Waals surface area (Å²) in [5.74, 6) is 0.0621. The van der Waals surface area contributed by atoms with E-state index in [1.807, 2.05) is 13.8 Å². The molecule has 2 aliphatic carbocycles. The summed E-state index contributed by atoms with van der Waals surface area (Å²) >= 11 is 0. The molecule has 4 atom stereocenters. The fourth-order valence-electron chi connectivity index (χ4n) is 4.37. The predicted molar refractivity (Wildman–Crippen MR) is 65.5 cm³/mol. The summed E-state index contributed by atoms with van der Waals surface area (Å²) in [7, 11) is 0. The topological polar surface area (TPSA) is 56.5 Å². The van der Waals surface area contributed by atoms with E-state index in [9.17, 15) is 9.59 Å². The Balaban J connectivity index is 1.99. The van der Waals surface area contributed by atoms with Crippen molar-refractivity contribution in [3.63, 3.8) is 0 Å². The molecule has 100 valence electrons. The van der Waals surface area contributed by atoms with Gasteiger partial charge in [0.2, 0.25) is 5.78 Å². The maximum atomic E-state index is 12.6. The Morgan fingerprint density at radius 3 is 2.79 bits per heavy atom. The summed E-state index contributed by atoms with van der Waals surface area (Å²) < 4.78 is 11.1. The normalized spacial score (nSPS) is 39.8. The second-order valence-corrected chi connectivity index (χ2v) is 6.24. The summed E-state index contributed by atoms with van der Waals surface area (Å²) in [6.45, 7) is 3.95. The van der Waals surface area contributed by atoms with Crippen LogP contribution in [-0.4, -0.2) is 11.8 Å². The van der Waals surface area contributed by atoms with Gasteiger partial charge in [0.15, 0.2) is 5.76 Å². The van der Waals surface area contributed by atoms with Crippen molar-refractivity contribution < 1.29 is 18.7 Å². The first kappa shape index (κ1) is 11.3. The van der Waals surface area contributed by atoms with Gasteiger partial charge in [0, 0.05) is 16.9 Å². The van der Waals surface area contributed by atoms with E-state index in [1.165, 1.54) is 0 Å². The lowest BCUT2D eigenvalue weighted by Crippen LogP contribution is -2.47. The lowest BCUT2D eigenvalue weighted by molar-refractivity contribution is -0.144. The first-order valence-electron chi connectivity index (χ1n) is 6.88. The lowest BCUT2D eigenvalue weighted by atomic mass is 9.55. The molecule has 1 aromatic rings. The zero-order valence-electron chi connectivity index (χ0n) is 11.1. The van der Waals surface area contributed by atoms with Crippen LogP contribution < -0.4 is 0 Å². The van der Waals surface area contributed by atoms with Gasteiger partial charge in [-0.05, 0) is 25.3 Å². The van der Waals surface area contributed by atoms with Crippen molar-refractivity contribution in [3.05, 3.63) is 23.2 Å². The first-order chi connectivity index (χ1) is 9.05. The average molecular weight is 260 g/mol. The van der Waals surface area contributed by atoms with Crippen molar-refractivity contribution in [3.8, 4) is 0 Å². The largest absolute Gasteiger partial charge is 0.461 e. The zero-order valence-corrected chi connectivity index (χ0v) is 11.1. The lowest BCUT2D eigenvalue weighted by Gasteiger charge is -2.45. The number of carbonyl (C=O) groups excluding carboxylic acids is 2. The van der Waals surface area contributed by atoms with E-state index >= 15 is 0 Å². The Morgan fingerprint density at radius 2 is 2.00 bits per heavy atom. The molecule has 19 heavy (non-hydrogen) atoms. The maximum absolute atomic E-state index is 12.6. The summed E-state index contributed by atoms with van der Waals surface area (Å²) in [5.41, 5.74) is 1.34. The van der Waals surface area contributed by atoms with Crippen molar-refractivity contribution in [2.24, 2.45) is 17.3 Å². The van der Waals surface area contributed by atoms with Gasteiger partial charge in [0.05, 0.1) is 12.2 Å². The van der Waals surface area contributed by atoms with Gasteiger partial charge in [-0.2, -0.15) is 0 Å². The highest BCUT2D eigenvalue weighted by Crippen LogP contribution is 2.63. The number of hydrogen-bond donors (Lipinski definition) is 0. The van der Waals surface area contributed by atoms with Crippen LogP contribution in [0.15, 0.2) is 10.7 Å². The van der Waals surface area contributed by atoms with Gasteiger partial charge in [-0.1, -0.05) is 13.3 Å². The molecular weight excluding hydrogens is 244 g/mol. The summed E-state index contributed by atoms with van der Waals surface area (Å²) in [6.07, 6.45) is 3.87. The van der Waals surface area contributed by atoms with Crippen LogP contribution in [0, 0.1) is 24.2 Å². The smallest absolute Gasteiger partial charge is 0.310 e. The molecule has 4 heteroatoms. The molecule has 1 aromatic heterocycles. The number of carbonyl (C=O) groups is 2. The van der Waals surface area contributed by atoms with E-state index in [1.54, 1.807) is 6.26 Å². The van der Waals surface area contributed by atoms with Crippen LogP contribution in [0.3, 0.4) is 0 Å². The van der Waals surface area contributed by atoms with Crippen molar-refractivity contribution in [1.82, 2.24) is 0 Å². The van der Waals surface area contributed by atoms with E-state index < -0.39 is 0 Å². The predicted octanol–water partition coefficient (Wildman–Crippen LogP) is 2.80. The quantitative estimate of drug-likeness (QED) is 0.673. The number of fused-ring (bicyclic) bond motifs is 2. The van der Waals surface area contributed by atoms with Gasteiger partial charge in [0.1, 0.15) is 6.10 Å². The Hall–Kier alpha value is -1.58. The van der Waals surface area contributed by atoms with Gasteiger partial charge < -0.3 is 9.15 Å². The number of ketones is 1. The van der Waals surface area contributed by atoms with Gasteiger partial charge in [-0.25, -0.2) is 0 Å². The third-order valence-electron chi connectivity index (χ3n) is 5.40. The van der Waals surface area contributed by atoms with E-state index in [4.69, 9.17) is 9.15 Å². The van der Waals surface area contributed by atoms with Crippen LogP contribution in [-0.2, 0) is 9.53 Å². The van der Waals surface area contributed by atoms with Crippen LogP contribution in [0.5, 0.6) is 0 Å². The molecule has 0 radical (unpaired) electrons. The molecule has 2 fully saturated rings. The van der Waals surface area contributed by atoms with E-state index in [-0.39, 0.29) is 35.1 Å². The van der Waals surface area contributed by atoms with E-state index in [0.717, 1.165) is 30.4 Å². The molecule has 0 N–H and O–H groups in total. The third kappa shape index (κ3) is 1.11. The highest BCUT2D eigenvalue weighted by molar-refractivity contribution is 6.00. The number of furan rings is 1. The highest BCUT2D eigenvalue weighted by Gasteiger charge is 2.65. The van der Waals surface area contributed by atoms with Crippen LogP contribution in [0.2, 0.25) is 0 Å². The fraction of sp³-hybridized carbons (Fsp3) is 0.600. The molecule has 0 spiro atoms. The molecule has 1 saturated carbocycles. The van der Waals surface area contributed by atoms with Gasteiger partial charge in [-0.15, -0.1) is 0 Å². The van der Waals surface area contributed by atoms with Crippen LogP contribution in [0.4, 0.5) is 0 Å². The molecule has 0 aromatic carbocycles. The van der Waals surface area contributed by atoms with Crippen LogP contribution in [0.25, 0.3) is 0 Å². The maximum Gasteiger partial charge on any atom is 0.310 e. The molecular formula is C15H16O4. The molecule has 4 nitrogen and oxygen atoms in total. The summed E-state index contributed by atoms with van der Waals surface area (Å²) in [4.78, 5) is 24.8. The number of Topliss-reactive ketones (excluding diaryl/α,β-unsaturated/α-hetero) is 1. The second-order valence-electron chi connectivity index (χ2n) is 6.24. The van der Waals surface area contributed by atoms with Gasteiger partial charge in [0.25, 0.3) is 0 Å². The molecule has 0 amide bonds. The SMILES string of the molecule is Cc1coc2c1[C@@H]1OC(=O)[C@H]3CCC[C@H](C2=O)[C@@]31C. The Morgan fingerprint density at radius 1 is 1.26 bits per heavy atom. The Kier molecular flexibility index (Phi) is 1.95. The molecule has 1 saturated heterocycles. The van der Waals surface area contributed by atoms with Gasteiger partial charge in [-0.3, -0.25) is 9.59 Å². The van der Waals surface area contributed by atoms with Crippen molar-refractivity contribution >= 4 is 11.8 Å². The Labute approximate surface area is 111 Å². The van der Waals surface area contributed by atoms with Gasteiger partial charge >= 0.3 is 5.97 Å². The standard InChI is InChI=1S/C15H16O4/c1-7-6-18-12-10(7)13-15(2)8(11(12)16)4-3-5-9(15)14(17)19-13/h6,8-9,13H,3-5H2,1-2H3/t8-,9-,13+,15+/m1/s1. The van der Waals surface area contributed by atoms with Crippen molar-refractivity contribution in [2.45, 2.75) is 39.2 Å². The minimum Gasteiger partial charge on any atom is -0.461 e. The number of esters is 1. The van der Waals surface area contributed by atoms with Crippen molar-refractivity contribution in [2.75, 3.05) is 0 Å². The number of rotatable bonds is 0. The van der Waals surface area contributed by atoms with Crippen LogP contribution >= 0.6 is 0 Å². The molecule has 3 aliphatic rings. The Bertz CT molecular complexity index is 599. The number of aryl methyl sites for hydroxylation is 1. The average Bonchev–Trinajstić information content (AvgIpc) is 2.86. The monoisotopic (exact) mass is 260 g/mol. The molecule has 1 aliphatic heterocycles. The number of hydrogen-bond acceptors (Lipinski definition) is 4. The minimum absolute atomic E-state index is 0.0600. The summed E-state index contributed by atoms with van der Waals surface area (Å²) in [6, 6.07) is 0. The number of ether oxygens (including phenoxy) is 1. The minimum atomic E-state index is -0.381. The highest BCUT2D eigenvalue weighted by atomic mass is 16.6. The molecule has 0 unspecified atom stereocenters. The molecule has 4 rings (SSSR count). The third-order valence-corrected chi connectivity index (χ3v) is 5.40. The fourth-order valence-corrected chi connectivity index (χ4v) is 4.37. The second kappa shape index (κ2) is 3.30. The molecule has 0 bridgehead atoms. The summed E-state index contributed by atoms with van der Waals surface area (Å²) in [5, 5.41) is 0. The first-order valence-corrected chi connectivity index (χ1v) is 6.88. The van der Waals surface area contributed by atoms with Crippen LogP contribution in [0.1, 0.15) is 54.0 Å². The van der Waals surface area contributed by atoms with E-state index in [2.05, 4.69) is 0 Å². The van der Waals surface area contributed by atoms with Crippen molar-refractivity contribution in [1.29, 1.82) is 0 Å². The molecule has 2 heterocycles.